The van der Waals surface area contributed by atoms with Crippen LogP contribution in [0.3, 0.4) is 0 Å². The Morgan fingerprint density at radius 1 is 0.967 bits per heavy atom. The van der Waals surface area contributed by atoms with Crippen LogP contribution < -0.4 is 10.3 Å². The summed E-state index contributed by atoms with van der Waals surface area (Å²) >= 11 is 5.91. The van der Waals surface area contributed by atoms with Crippen LogP contribution in [0.25, 0.3) is 11.0 Å². The highest BCUT2D eigenvalue weighted by atomic mass is 35.5. The molecule has 2 aromatic heterocycles. The van der Waals surface area contributed by atoms with E-state index in [1.807, 2.05) is 0 Å². The molecule has 1 aliphatic rings. The van der Waals surface area contributed by atoms with Crippen LogP contribution in [-0.2, 0) is 0 Å². The molecule has 1 atom stereocenters. The van der Waals surface area contributed by atoms with Crippen LogP contribution in [0.4, 0.5) is 14.6 Å². The molecule has 0 fully saturated rings. The Kier molecular flexibility index (Phi) is 4.15. The van der Waals surface area contributed by atoms with Crippen LogP contribution in [0.2, 0.25) is 5.02 Å². The number of carbonyl (C=O) groups excluding carboxylic acids is 1. The number of anilines is 1. The number of carbonyl (C=O) groups is 1. The van der Waals surface area contributed by atoms with Crippen molar-refractivity contribution in [1.29, 1.82) is 0 Å². The fourth-order valence-electron chi connectivity index (χ4n) is 3.65. The van der Waals surface area contributed by atoms with Crippen molar-refractivity contribution in [2.24, 2.45) is 0 Å². The number of amides is 1. The molecule has 0 spiro atoms. The molecule has 1 amide bonds. The summed E-state index contributed by atoms with van der Waals surface area (Å²) in [7, 11) is 0. The molecular formula is C22H11ClF2N2O3. The van der Waals surface area contributed by atoms with Crippen LogP contribution in [0.15, 0.2) is 70.0 Å². The molecule has 0 bridgehead atoms. The van der Waals surface area contributed by atoms with Crippen molar-refractivity contribution in [2.75, 3.05) is 4.90 Å². The average Bonchev–Trinajstić information content (AvgIpc) is 3.03. The lowest BCUT2D eigenvalue weighted by Gasteiger charge is -2.24. The van der Waals surface area contributed by atoms with Crippen molar-refractivity contribution in [2.45, 2.75) is 6.04 Å². The smallest absolute Gasteiger partial charge is 0.296 e. The number of benzene rings is 2. The quantitative estimate of drug-likeness (QED) is 0.460. The van der Waals surface area contributed by atoms with E-state index in [0.29, 0.717) is 10.6 Å². The van der Waals surface area contributed by atoms with E-state index in [-0.39, 0.29) is 28.1 Å². The van der Waals surface area contributed by atoms with Crippen LogP contribution in [0.5, 0.6) is 0 Å². The molecule has 3 heterocycles. The molecule has 0 saturated carbocycles. The summed E-state index contributed by atoms with van der Waals surface area (Å²) in [6.45, 7) is 0. The van der Waals surface area contributed by atoms with Crippen molar-refractivity contribution in [3.63, 3.8) is 0 Å². The molecule has 30 heavy (non-hydrogen) atoms. The first-order valence-corrected chi connectivity index (χ1v) is 9.28. The fourth-order valence-corrected chi connectivity index (χ4v) is 3.76. The minimum atomic E-state index is -0.925. The van der Waals surface area contributed by atoms with Crippen molar-refractivity contribution in [3.8, 4) is 0 Å². The predicted octanol–water partition coefficient (Wildman–Crippen LogP) is 4.87. The third-order valence-electron chi connectivity index (χ3n) is 4.98. The van der Waals surface area contributed by atoms with Gasteiger partial charge in [0.1, 0.15) is 23.0 Å². The van der Waals surface area contributed by atoms with Gasteiger partial charge in [0.15, 0.2) is 5.43 Å². The number of hydrogen-bond acceptors (Lipinski definition) is 4. The first kappa shape index (κ1) is 18.4. The minimum Gasteiger partial charge on any atom is -0.450 e. The van der Waals surface area contributed by atoms with E-state index in [2.05, 4.69) is 4.98 Å². The molecular weight excluding hydrogens is 414 g/mol. The van der Waals surface area contributed by atoms with Gasteiger partial charge in [-0.3, -0.25) is 14.5 Å². The van der Waals surface area contributed by atoms with Gasteiger partial charge in [0, 0.05) is 6.20 Å². The Morgan fingerprint density at radius 3 is 2.40 bits per heavy atom. The van der Waals surface area contributed by atoms with Crippen LogP contribution in [0, 0.1) is 11.6 Å². The third kappa shape index (κ3) is 2.78. The maximum absolute atomic E-state index is 13.8. The first-order chi connectivity index (χ1) is 14.4. The molecule has 5 nitrogen and oxygen atoms in total. The van der Waals surface area contributed by atoms with Crippen LogP contribution in [0.1, 0.15) is 27.7 Å². The average molecular weight is 425 g/mol. The summed E-state index contributed by atoms with van der Waals surface area (Å²) in [4.78, 5) is 32.0. The molecule has 5 rings (SSSR count). The lowest BCUT2D eigenvalue weighted by molar-refractivity contribution is 0.0970. The zero-order valence-corrected chi connectivity index (χ0v) is 15.9. The van der Waals surface area contributed by atoms with Gasteiger partial charge in [-0.2, -0.15) is 0 Å². The standard InChI is InChI=1S/C22H11ClF2N2O3/c23-12-3-8-17(26-10-12)27-19(11-1-4-13(24)5-2-11)18-20(28)15-9-14(25)6-7-16(15)30-21(18)22(27)29/h1-10,19H. The van der Waals surface area contributed by atoms with Gasteiger partial charge in [-0.05, 0) is 48.0 Å². The molecule has 0 N–H and O–H groups in total. The summed E-state index contributed by atoms with van der Waals surface area (Å²) in [6, 6.07) is 11.1. The molecule has 1 aliphatic heterocycles. The summed E-state index contributed by atoms with van der Waals surface area (Å²) in [6.07, 6.45) is 1.37. The van der Waals surface area contributed by atoms with Crippen molar-refractivity contribution >= 4 is 34.3 Å². The molecule has 2 aromatic carbocycles. The van der Waals surface area contributed by atoms with E-state index in [1.165, 1.54) is 47.5 Å². The second-order valence-corrected chi connectivity index (χ2v) is 7.21. The first-order valence-electron chi connectivity index (χ1n) is 8.91. The second kappa shape index (κ2) is 6.74. The Labute approximate surface area is 173 Å². The highest BCUT2D eigenvalue weighted by Gasteiger charge is 2.44. The normalized spacial score (nSPS) is 15.6. The van der Waals surface area contributed by atoms with E-state index in [0.717, 1.165) is 12.1 Å². The summed E-state index contributed by atoms with van der Waals surface area (Å²) in [5, 5.41) is 0.385. The Bertz CT molecular complexity index is 1370. The SMILES string of the molecule is O=C1c2oc3ccc(F)cc3c(=O)c2C(c2ccc(F)cc2)N1c1ccc(Cl)cn1. The molecule has 1 unspecified atom stereocenters. The molecule has 8 heteroatoms. The number of hydrogen-bond donors (Lipinski definition) is 0. The van der Waals surface area contributed by atoms with Crippen LogP contribution in [-0.4, -0.2) is 10.9 Å². The second-order valence-electron chi connectivity index (χ2n) is 6.78. The molecule has 0 radical (unpaired) electrons. The lowest BCUT2D eigenvalue weighted by atomic mass is 9.98. The van der Waals surface area contributed by atoms with Crippen molar-refractivity contribution < 1.29 is 18.0 Å². The Balaban J connectivity index is 1.81. The zero-order chi connectivity index (χ0) is 21.0. The highest BCUT2D eigenvalue weighted by molar-refractivity contribution is 6.30. The molecule has 148 valence electrons. The van der Waals surface area contributed by atoms with E-state index < -0.39 is 29.0 Å². The highest BCUT2D eigenvalue weighted by Crippen LogP contribution is 2.40. The lowest BCUT2D eigenvalue weighted by Crippen LogP contribution is -2.30. The van der Waals surface area contributed by atoms with Gasteiger partial charge in [-0.15, -0.1) is 0 Å². The maximum Gasteiger partial charge on any atom is 0.296 e. The predicted molar refractivity (Wildman–Crippen MR) is 107 cm³/mol. The summed E-state index contributed by atoms with van der Waals surface area (Å²) in [5.74, 6) is -1.58. The largest absolute Gasteiger partial charge is 0.450 e. The van der Waals surface area contributed by atoms with Crippen molar-refractivity contribution in [1.82, 2.24) is 4.98 Å². The molecule has 0 saturated heterocycles. The molecule has 4 aromatic rings. The summed E-state index contributed by atoms with van der Waals surface area (Å²) < 4.78 is 33.0. The number of fused-ring (bicyclic) bond motifs is 2. The zero-order valence-electron chi connectivity index (χ0n) is 15.1. The van der Waals surface area contributed by atoms with E-state index in [9.17, 15) is 18.4 Å². The van der Waals surface area contributed by atoms with E-state index in [1.54, 1.807) is 6.07 Å². The molecule has 0 aliphatic carbocycles. The van der Waals surface area contributed by atoms with Gasteiger partial charge in [0.2, 0.25) is 5.76 Å². The van der Waals surface area contributed by atoms with E-state index >= 15 is 0 Å². The minimum absolute atomic E-state index is 0.0135. The van der Waals surface area contributed by atoms with Crippen LogP contribution >= 0.6 is 11.6 Å². The number of nitrogens with zero attached hydrogens (tertiary/aromatic N) is 2. The van der Waals surface area contributed by atoms with Gasteiger partial charge in [0.05, 0.1) is 22.0 Å². The van der Waals surface area contributed by atoms with Crippen molar-refractivity contribution in [3.05, 3.63) is 105 Å². The topological polar surface area (TPSA) is 63.4 Å². The number of halogens is 3. The Hall–Kier alpha value is -3.58. The van der Waals surface area contributed by atoms with E-state index in [4.69, 9.17) is 16.0 Å². The number of aromatic nitrogens is 1. The number of pyridine rings is 1. The monoisotopic (exact) mass is 424 g/mol. The van der Waals surface area contributed by atoms with Gasteiger partial charge in [-0.25, -0.2) is 13.8 Å². The van der Waals surface area contributed by atoms with Gasteiger partial charge in [-0.1, -0.05) is 23.7 Å². The van der Waals surface area contributed by atoms with Gasteiger partial charge in [0.25, 0.3) is 5.91 Å². The number of rotatable bonds is 2. The summed E-state index contributed by atoms with van der Waals surface area (Å²) in [5.41, 5.74) is 0.0759. The third-order valence-corrected chi connectivity index (χ3v) is 5.20. The fraction of sp³-hybridized carbons (Fsp3) is 0.0455. The van der Waals surface area contributed by atoms with Gasteiger partial charge >= 0.3 is 0 Å². The Morgan fingerprint density at radius 2 is 1.70 bits per heavy atom. The van der Waals surface area contributed by atoms with Gasteiger partial charge < -0.3 is 4.42 Å². The maximum atomic E-state index is 13.8.